The Hall–Kier alpha value is -2.00. The molecule has 2 rings (SSSR count). The Labute approximate surface area is 121 Å². The molecule has 1 saturated heterocycles. The molecule has 0 saturated carbocycles. The molecule has 1 aliphatic heterocycles. The van der Waals surface area contributed by atoms with Crippen LogP contribution in [0.15, 0.2) is 23.2 Å². The molecule has 1 aromatic rings. The van der Waals surface area contributed by atoms with Crippen molar-refractivity contribution in [2.24, 2.45) is 0 Å². The number of carboxylic acids is 1. The molecule has 1 aromatic heterocycles. The molecule has 2 heterocycles. The van der Waals surface area contributed by atoms with E-state index < -0.39 is 28.0 Å². The number of carbonyl (C=O) groups is 2. The maximum absolute atomic E-state index is 12.4. The Morgan fingerprint density at radius 2 is 2.14 bits per heavy atom. The number of nitrogens with zero attached hydrogens (tertiary/aromatic N) is 2. The van der Waals surface area contributed by atoms with Gasteiger partial charge in [0.2, 0.25) is 10.0 Å². The highest BCUT2D eigenvalue weighted by Gasteiger charge is 2.39. The van der Waals surface area contributed by atoms with Gasteiger partial charge >= 0.3 is 11.9 Å². The summed E-state index contributed by atoms with van der Waals surface area (Å²) in [5.74, 6) is -1.85. The van der Waals surface area contributed by atoms with Gasteiger partial charge in [0.1, 0.15) is 16.6 Å². The quantitative estimate of drug-likeness (QED) is 0.784. The zero-order valence-corrected chi connectivity index (χ0v) is 12.0. The number of esters is 1. The van der Waals surface area contributed by atoms with E-state index in [4.69, 9.17) is 5.11 Å². The minimum absolute atomic E-state index is 0.0207. The molecular weight excluding hydrogens is 300 g/mol. The number of carboxylic acid groups (broad SMARTS) is 1. The number of aliphatic carboxylic acids is 1. The van der Waals surface area contributed by atoms with E-state index in [0.717, 1.165) is 10.5 Å². The molecule has 0 bridgehead atoms. The summed E-state index contributed by atoms with van der Waals surface area (Å²) < 4.78 is 30.2. The van der Waals surface area contributed by atoms with Crippen LogP contribution in [0, 0.1) is 0 Å². The van der Waals surface area contributed by atoms with E-state index in [9.17, 15) is 18.0 Å². The third kappa shape index (κ3) is 2.88. The molecule has 1 atom stereocenters. The third-order valence-corrected chi connectivity index (χ3v) is 5.12. The summed E-state index contributed by atoms with van der Waals surface area (Å²) in [5, 5.41) is 9.06. The molecule has 1 unspecified atom stereocenters. The highest BCUT2D eigenvalue weighted by molar-refractivity contribution is 7.89. The summed E-state index contributed by atoms with van der Waals surface area (Å²) in [5.41, 5.74) is -0.0207. The van der Waals surface area contributed by atoms with Gasteiger partial charge in [-0.3, -0.25) is 4.79 Å². The molecule has 114 valence electrons. The zero-order chi connectivity index (χ0) is 15.6. The highest BCUT2D eigenvalue weighted by atomic mass is 32.2. The van der Waals surface area contributed by atoms with Gasteiger partial charge in [-0.25, -0.2) is 18.2 Å². The van der Waals surface area contributed by atoms with Crippen LogP contribution in [0.25, 0.3) is 0 Å². The molecule has 0 aliphatic carbocycles. The molecule has 9 heteroatoms. The predicted octanol–water partition coefficient (Wildman–Crippen LogP) is 0.106. The van der Waals surface area contributed by atoms with Crippen LogP contribution in [-0.4, -0.2) is 54.4 Å². The predicted molar refractivity (Wildman–Crippen MR) is 70.1 cm³/mol. The second-order valence-corrected chi connectivity index (χ2v) is 6.37. The van der Waals surface area contributed by atoms with Gasteiger partial charge in [-0.1, -0.05) is 0 Å². The number of rotatable bonds is 4. The maximum atomic E-state index is 12.4. The van der Waals surface area contributed by atoms with Gasteiger partial charge < -0.3 is 9.84 Å². The molecule has 0 amide bonds. The van der Waals surface area contributed by atoms with Crippen LogP contribution in [-0.2, 0) is 19.6 Å². The fourth-order valence-electron chi connectivity index (χ4n) is 2.17. The highest BCUT2D eigenvalue weighted by Crippen LogP contribution is 2.25. The van der Waals surface area contributed by atoms with E-state index in [0.29, 0.717) is 6.42 Å². The molecule has 1 fully saturated rings. The van der Waals surface area contributed by atoms with E-state index in [-0.39, 0.29) is 23.6 Å². The molecule has 1 N–H and O–H groups in total. The van der Waals surface area contributed by atoms with E-state index in [1.165, 1.54) is 19.2 Å². The van der Waals surface area contributed by atoms with Crippen LogP contribution >= 0.6 is 0 Å². The molecule has 0 radical (unpaired) electrons. The monoisotopic (exact) mass is 314 g/mol. The van der Waals surface area contributed by atoms with Crippen LogP contribution in [0.1, 0.15) is 23.3 Å². The normalized spacial score (nSPS) is 19.4. The van der Waals surface area contributed by atoms with E-state index in [2.05, 4.69) is 9.72 Å². The second-order valence-electron chi connectivity index (χ2n) is 4.48. The van der Waals surface area contributed by atoms with Gasteiger partial charge in [0.05, 0.1) is 7.11 Å². The lowest BCUT2D eigenvalue weighted by molar-refractivity contribution is -0.140. The van der Waals surface area contributed by atoms with Crippen molar-refractivity contribution in [1.82, 2.24) is 9.29 Å². The van der Waals surface area contributed by atoms with Gasteiger partial charge in [-0.05, 0) is 25.0 Å². The van der Waals surface area contributed by atoms with Crippen molar-refractivity contribution in [3.63, 3.8) is 0 Å². The number of hydrogen-bond acceptors (Lipinski definition) is 6. The Morgan fingerprint density at radius 3 is 2.67 bits per heavy atom. The van der Waals surface area contributed by atoms with Crippen molar-refractivity contribution < 1.29 is 27.9 Å². The van der Waals surface area contributed by atoms with E-state index in [1.807, 2.05) is 0 Å². The Morgan fingerprint density at radius 1 is 1.43 bits per heavy atom. The summed E-state index contributed by atoms with van der Waals surface area (Å²) in [6.45, 7) is 0.151. The molecule has 21 heavy (non-hydrogen) atoms. The molecule has 8 nitrogen and oxygen atoms in total. The Kier molecular flexibility index (Phi) is 4.24. The fourth-order valence-corrected chi connectivity index (χ4v) is 3.77. The topological polar surface area (TPSA) is 114 Å². The molecule has 1 aliphatic rings. The first-order valence-corrected chi connectivity index (χ1v) is 7.61. The van der Waals surface area contributed by atoms with Crippen molar-refractivity contribution >= 4 is 22.0 Å². The number of carbonyl (C=O) groups excluding carboxylic acids is 1. The third-order valence-electron chi connectivity index (χ3n) is 3.23. The van der Waals surface area contributed by atoms with Crippen molar-refractivity contribution in [3.05, 3.63) is 24.0 Å². The number of ether oxygens (including phenoxy) is 1. The summed E-state index contributed by atoms with van der Waals surface area (Å²) in [6, 6.07) is 1.38. The lowest BCUT2D eigenvalue weighted by atomic mass is 10.2. The van der Waals surface area contributed by atoms with E-state index in [1.54, 1.807) is 0 Å². The molecular formula is C12H14N2O6S. The Balaban J connectivity index is 2.31. The smallest absolute Gasteiger partial charge is 0.356 e. The first kappa shape index (κ1) is 15.4. The van der Waals surface area contributed by atoms with Crippen LogP contribution in [0.4, 0.5) is 0 Å². The van der Waals surface area contributed by atoms with Gasteiger partial charge in [-0.15, -0.1) is 0 Å². The number of pyridine rings is 1. The summed E-state index contributed by atoms with van der Waals surface area (Å²) in [6.07, 6.45) is 1.80. The lowest BCUT2D eigenvalue weighted by Gasteiger charge is -2.20. The van der Waals surface area contributed by atoms with Gasteiger partial charge in [0.25, 0.3) is 0 Å². The fraction of sp³-hybridized carbons (Fsp3) is 0.417. The summed E-state index contributed by atoms with van der Waals surface area (Å²) in [7, 11) is -2.75. The minimum atomic E-state index is -3.94. The number of hydrogen-bond donors (Lipinski definition) is 1. The van der Waals surface area contributed by atoms with Crippen molar-refractivity contribution in [1.29, 1.82) is 0 Å². The first-order chi connectivity index (χ1) is 9.87. The van der Waals surface area contributed by atoms with Gasteiger partial charge in [-0.2, -0.15) is 4.31 Å². The molecule has 0 spiro atoms. The second kappa shape index (κ2) is 5.78. The largest absolute Gasteiger partial charge is 0.480 e. The van der Waals surface area contributed by atoms with Crippen molar-refractivity contribution in [2.45, 2.75) is 23.8 Å². The summed E-state index contributed by atoms with van der Waals surface area (Å²) >= 11 is 0. The van der Waals surface area contributed by atoms with Crippen molar-refractivity contribution in [2.75, 3.05) is 13.7 Å². The van der Waals surface area contributed by atoms with Crippen molar-refractivity contribution in [3.8, 4) is 0 Å². The number of methoxy groups -OCH3 is 1. The maximum Gasteiger partial charge on any atom is 0.356 e. The minimum Gasteiger partial charge on any atom is -0.480 e. The average molecular weight is 314 g/mol. The van der Waals surface area contributed by atoms with Crippen LogP contribution in [0.5, 0.6) is 0 Å². The van der Waals surface area contributed by atoms with Crippen LogP contribution in [0.3, 0.4) is 0 Å². The average Bonchev–Trinajstić information content (AvgIpc) is 2.97. The Bertz CT molecular complexity index is 655. The number of aromatic nitrogens is 1. The van der Waals surface area contributed by atoms with Crippen LogP contribution in [0.2, 0.25) is 0 Å². The number of sulfonamides is 1. The standard InChI is InChI=1S/C12H14N2O6S/c1-20-12(17)9-5-4-8(7-13-9)21(18,19)14-6-2-3-10(14)11(15)16/h4-5,7,10H,2-3,6H2,1H3,(H,15,16). The van der Waals surface area contributed by atoms with E-state index >= 15 is 0 Å². The SMILES string of the molecule is COC(=O)c1ccc(S(=O)(=O)N2CCCC2C(=O)O)cn1. The summed E-state index contributed by atoms with van der Waals surface area (Å²) in [4.78, 5) is 25.9. The first-order valence-electron chi connectivity index (χ1n) is 6.17. The van der Waals surface area contributed by atoms with Gasteiger partial charge in [0, 0.05) is 12.7 Å². The zero-order valence-electron chi connectivity index (χ0n) is 11.2. The van der Waals surface area contributed by atoms with Gasteiger partial charge in [0.15, 0.2) is 0 Å². The molecule has 0 aromatic carbocycles. The van der Waals surface area contributed by atoms with Crippen LogP contribution < -0.4 is 0 Å². The lowest BCUT2D eigenvalue weighted by Crippen LogP contribution is -2.40.